The zero-order chi connectivity index (χ0) is 14.7. The topological polar surface area (TPSA) is 18.5 Å². The molecule has 0 fully saturated rings. The molecule has 0 radical (unpaired) electrons. The first-order valence-corrected chi connectivity index (χ1v) is 7.97. The highest BCUT2D eigenvalue weighted by molar-refractivity contribution is 9.10. The van der Waals surface area contributed by atoms with Crippen molar-refractivity contribution in [2.24, 2.45) is 0 Å². The highest BCUT2D eigenvalue weighted by Crippen LogP contribution is 2.36. The molecule has 2 aliphatic heterocycles. The Morgan fingerprint density at radius 1 is 0.682 bits per heavy atom. The third kappa shape index (κ3) is 1.61. The second-order valence-electron chi connectivity index (χ2n) is 5.53. The molecule has 4 heteroatoms. The first kappa shape index (κ1) is 12.4. The summed E-state index contributed by atoms with van der Waals surface area (Å²) in [5.41, 5.74) is 3.49. The van der Waals surface area contributed by atoms with Crippen molar-refractivity contribution >= 4 is 39.0 Å². The van der Waals surface area contributed by atoms with Crippen LogP contribution in [-0.4, -0.2) is 6.71 Å². The van der Waals surface area contributed by atoms with Gasteiger partial charge in [-0.3, -0.25) is 0 Å². The Balaban J connectivity index is 1.88. The van der Waals surface area contributed by atoms with E-state index in [0.29, 0.717) is 0 Å². The highest BCUT2D eigenvalue weighted by atomic mass is 79.9. The van der Waals surface area contributed by atoms with Crippen molar-refractivity contribution in [1.82, 2.24) is 0 Å². The Hall–Kier alpha value is -2.20. The van der Waals surface area contributed by atoms with Gasteiger partial charge in [-0.25, -0.2) is 0 Å². The fraction of sp³-hybridized carbons (Fsp3) is 0. The molecule has 22 heavy (non-hydrogen) atoms. The molecule has 0 unspecified atom stereocenters. The Morgan fingerprint density at radius 2 is 1.18 bits per heavy atom. The number of halogens is 1. The van der Waals surface area contributed by atoms with Crippen LogP contribution >= 0.6 is 15.9 Å². The normalized spacial score (nSPS) is 13.4. The maximum atomic E-state index is 6.11. The molecule has 0 amide bonds. The molecule has 3 aromatic rings. The zero-order valence-electron chi connectivity index (χ0n) is 11.5. The van der Waals surface area contributed by atoms with Crippen molar-refractivity contribution in [3.8, 4) is 23.0 Å². The van der Waals surface area contributed by atoms with E-state index in [2.05, 4.69) is 40.2 Å². The van der Waals surface area contributed by atoms with Crippen molar-refractivity contribution in [3.63, 3.8) is 0 Å². The van der Waals surface area contributed by atoms with E-state index >= 15 is 0 Å². The summed E-state index contributed by atoms with van der Waals surface area (Å²) in [4.78, 5) is 0. The molecule has 104 valence electrons. The van der Waals surface area contributed by atoms with Gasteiger partial charge >= 0.3 is 0 Å². The van der Waals surface area contributed by atoms with Gasteiger partial charge in [-0.15, -0.1) is 0 Å². The van der Waals surface area contributed by atoms with E-state index in [9.17, 15) is 0 Å². The minimum absolute atomic E-state index is 0.160. The Kier molecular flexibility index (Phi) is 2.47. The smallest absolute Gasteiger partial charge is 0.260 e. The van der Waals surface area contributed by atoms with E-state index in [1.54, 1.807) is 0 Å². The van der Waals surface area contributed by atoms with E-state index in [4.69, 9.17) is 9.47 Å². The molecule has 0 saturated carbocycles. The Labute approximate surface area is 136 Å². The lowest BCUT2D eigenvalue weighted by Crippen LogP contribution is -2.57. The van der Waals surface area contributed by atoms with Crippen LogP contribution in [0.1, 0.15) is 0 Å². The molecule has 0 saturated heterocycles. The fourth-order valence-electron chi connectivity index (χ4n) is 3.36. The SMILES string of the molecule is Brc1cc2c3c(c1)Oc1ccccc1B3c1ccccc1O2. The molecule has 3 aromatic carbocycles. The summed E-state index contributed by atoms with van der Waals surface area (Å²) in [6, 6.07) is 20.5. The number of benzene rings is 3. The first-order chi connectivity index (χ1) is 10.8. The van der Waals surface area contributed by atoms with Crippen LogP contribution in [0.3, 0.4) is 0 Å². The van der Waals surface area contributed by atoms with Crippen LogP contribution in [0.2, 0.25) is 0 Å². The molecule has 0 bridgehead atoms. The average molecular weight is 349 g/mol. The molecule has 2 aliphatic rings. The molecule has 0 aromatic heterocycles. The van der Waals surface area contributed by atoms with Crippen LogP contribution in [0.25, 0.3) is 0 Å². The van der Waals surface area contributed by atoms with Crippen molar-refractivity contribution < 1.29 is 9.47 Å². The summed E-state index contributed by atoms with van der Waals surface area (Å²) in [5.74, 6) is 3.56. The lowest BCUT2D eigenvalue weighted by atomic mass is 9.35. The van der Waals surface area contributed by atoms with Gasteiger partial charge in [0.05, 0.1) is 0 Å². The second kappa shape index (κ2) is 4.40. The van der Waals surface area contributed by atoms with Gasteiger partial charge in [-0.1, -0.05) is 52.3 Å². The summed E-state index contributed by atoms with van der Waals surface area (Å²) in [6.45, 7) is 0.160. The number of fused-ring (bicyclic) bond motifs is 4. The van der Waals surface area contributed by atoms with E-state index in [1.807, 2.05) is 36.4 Å². The van der Waals surface area contributed by atoms with Gasteiger partial charge in [0, 0.05) is 9.94 Å². The number of rotatable bonds is 0. The van der Waals surface area contributed by atoms with Gasteiger partial charge in [0.1, 0.15) is 23.0 Å². The first-order valence-electron chi connectivity index (χ1n) is 7.18. The van der Waals surface area contributed by atoms with Gasteiger partial charge < -0.3 is 9.47 Å². The third-order valence-corrected chi connectivity index (χ3v) is 4.72. The lowest BCUT2D eigenvalue weighted by molar-refractivity contribution is 0.464. The van der Waals surface area contributed by atoms with Gasteiger partial charge in [0.25, 0.3) is 6.71 Å². The van der Waals surface area contributed by atoms with Crippen molar-refractivity contribution in [2.75, 3.05) is 0 Å². The van der Waals surface area contributed by atoms with E-state index in [-0.39, 0.29) is 6.71 Å². The molecule has 2 heterocycles. The van der Waals surface area contributed by atoms with Crippen molar-refractivity contribution in [3.05, 3.63) is 65.1 Å². The van der Waals surface area contributed by atoms with Gasteiger partial charge in [0.2, 0.25) is 0 Å². The van der Waals surface area contributed by atoms with E-state index < -0.39 is 0 Å². The molecule has 0 spiro atoms. The lowest BCUT2D eigenvalue weighted by Gasteiger charge is -2.32. The van der Waals surface area contributed by atoms with E-state index in [0.717, 1.165) is 32.9 Å². The number of hydrogen-bond donors (Lipinski definition) is 0. The van der Waals surface area contributed by atoms with Crippen LogP contribution in [0.4, 0.5) is 0 Å². The third-order valence-electron chi connectivity index (χ3n) is 4.26. The molecule has 0 aliphatic carbocycles. The second-order valence-corrected chi connectivity index (χ2v) is 6.44. The van der Waals surface area contributed by atoms with Crippen LogP contribution in [0.15, 0.2) is 65.1 Å². The average Bonchev–Trinajstić information content (AvgIpc) is 2.54. The number of ether oxygens (including phenoxy) is 2. The summed E-state index contributed by atoms with van der Waals surface area (Å²) >= 11 is 3.55. The van der Waals surface area contributed by atoms with Crippen molar-refractivity contribution in [2.45, 2.75) is 0 Å². The van der Waals surface area contributed by atoms with Gasteiger partial charge in [-0.2, -0.15) is 0 Å². The van der Waals surface area contributed by atoms with Gasteiger partial charge in [0.15, 0.2) is 0 Å². The molecule has 0 atom stereocenters. The maximum absolute atomic E-state index is 6.11. The van der Waals surface area contributed by atoms with Crippen LogP contribution < -0.4 is 25.9 Å². The number of para-hydroxylation sites is 2. The molecule has 5 rings (SSSR count). The van der Waals surface area contributed by atoms with Crippen molar-refractivity contribution in [1.29, 1.82) is 0 Å². The predicted octanol–water partition coefficient (Wildman–Crippen LogP) is 3.18. The Morgan fingerprint density at radius 3 is 1.73 bits per heavy atom. The minimum atomic E-state index is 0.160. The summed E-state index contributed by atoms with van der Waals surface area (Å²) in [5, 5.41) is 0. The molecule has 0 N–H and O–H groups in total. The summed E-state index contributed by atoms with van der Waals surface area (Å²) < 4.78 is 13.2. The summed E-state index contributed by atoms with van der Waals surface area (Å²) in [7, 11) is 0. The highest BCUT2D eigenvalue weighted by Gasteiger charge is 2.39. The largest absolute Gasteiger partial charge is 0.458 e. The monoisotopic (exact) mass is 348 g/mol. The molecular weight excluding hydrogens is 339 g/mol. The summed E-state index contributed by atoms with van der Waals surface area (Å²) in [6.07, 6.45) is 0. The Bertz CT molecular complexity index is 852. The van der Waals surface area contributed by atoms with Crippen LogP contribution in [0, 0.1) is 0 Å². The van der Waals surface area contributed by atoms with Crippen LogP contribution in [0.5, 0.6) is 23.0 Å². The van der Waals surface area contributed by atoms with Gasteiger partial charge in [-0.05, 0) is 35.2 Å². The fourth-order valence-corrected chi connectivity index (χ4v) is 3.78. The minimum Gasteiger partial charge on any atom is -0.458 e. The maximum Gasteiger partial charge on any atom is 0.260 e. The molecular formula is C18H10BBrO2. The predicted molar refractivity (Wildman–Crippen MR) is 91.8 cm³/mol. The quantitative estimate of drug-likeness (QED) is 0.400. The van der Waals surface area contributed by atoms with E-state index in [1.165, 1.54) is 10.9 Å². The number of hydrogen-bond acceptors (Lipinski definition) is 2. The zero-order valence-corrected chi connectivity index (χ0v) is 13.1. The molecule has 2 nitrogen and oxygen atoms in total. The standard InChI is InChI=1S/C18H10BBrO2/c20-11-9-16-18-17(10-11)22-15-8-4-2-6-13(15)19(18)12-5-1-3-7-14(12)21-16/h1-10H. The van der Waals surface area contributed by atoms with Crippen LogP contribution in [-0.2, 0) is 0 Å².